The van der Waals surface area contributed by atoms with Crippen molar-refractivity contribution < 1.29 is 14.4 Å². The minimum Gasteiger partial charge on any atom is -0.397 e. The van der Waals surface area contributed by atoms with Gasteiger partial charge in [-0.05, 0) is 18.2 Å². The SMILES string of the molecule is CCS(=O)c1cccc(C(O)(O)N2CC(n3ncc4c3CN(C)c3c(N)cccc3-4)C2)n1. The van der Waals surface area contributed by atoms with E-state index >= 15 is 0 Å². The van der Waals surface area contributed by atoms with Crippen molar-refractivity contribution in [1.29, 1.82) is 0 Å². The molecule has 2 aliphatic rings. The topological polar surface area (TPSA) is 121 Å². The van der Waals surface area contributed by atoms with E-state index in [0.717, 1.165) is 28.2 Å². The summed E-state index contributed by atoms with van der Waals surface area (Å²) in [7, 11) is 0.739. The predicted octanol–water partition coefficient (Wildman–Crippen LogP) is 1.26. The summed E-state index contributed by atoms with van der Waals surface area (Å²) in [6.07, 6.45) is 1.86. The first-order valence-corrected chi connectivity index (χ1v) is 11.8. The van der Waals surface area contributed by atoms with E-state index < -0.39 is 16.7 Å². The van der Waals surface area contributed by atoms with Crippen molar-refractivity contribution in [2.75, 3.05) is 36.5 Å². The number of rotatable bonds is 5. The summed E-state index contributed by atoms with van der Waals surface area (Å²) < 4.78 is 14.0. The molecule has 9 nitrogen and oxygen atoms in total. The molecule has 1 aromatic carbocycles. The highest BCUT2D eigenvalue weighted by molar-refractivity contribution is 7.84. The van der Waals surface area contributed by atoms with Gasteiger partial charge in [-0.2, -0.15) is 5.10 Å². The van der Waals surface area contributed by atoms with Crippen LogP contribution >= 0.6 is 0 Å². The third-order valence-corrected chi connectivity index (χ3v) is 7.45. The maximum atomic E-state index is 12.1. The molecule has 168 valence electrons. The Bertz CT molecular complexity index is 1200. The van der Waals surface area contributed by atoms with E-state index in [2.05, 4.69) is 15.0 Å². The Morgan fingerprint density at radius 1 is 1.19 bits per heavy atom. The van der Waals surface area contributed by atoms with Gasteiger partial charge in [0.25, 0.3) is 5.91 Å². The van der Waals surface area contributed by atoms with Gasteiger partial charge in [0.1, 0.15) is 10.7 Å². The highest BCUT2D eigenvalue weighted by atomic mass is 32.2. The summed E-state index contributed by atoms with van der Waals surface area (Å²) in [5.41, 5.74) is 11.2. The van der Waals surface area contributed by atoms with Crippen LogP contribution in [0.3, 0.4) is 0 Å². The summed E-state index contributed by atoms with van der Waals surface area (Å²) in [6, 6.07) is 10.7. The third-order valence-electron chi connectivity index (χ3n) is 6.24. The number of nitrogen functional groups attached to an aromatic ring is 1. The number of pyridine rings is 1. The molecule has 5 rings (SSSR count). The summed E-state index contributed by atoms with van der Waals surface area (Å²) >= 11 is 0. The van der Waals surface area contributed by atoms with Crippen LogP contribution in [0.1, 0.15) is 24.4 Å². The monoisotopic (exact) mass is 454 g/mol. The molecule has 0 bridgehead atoms. The molecular formula is C22H26N6O3S. The van der Waals surface area contributed by atoms with Crippen molar-refractivity contribution in [3.63, 3.8) is 0 Å². The molecule has 10 heteroatoms. The average Bonchev–Trinajstić information content (AvgIpc) is 3.15. The van der Waals surface area contributed by atoms with Gasteiger partial charge in [-0.15, -0.1) is 0 Å². The van der Waals surface area contributed by atoms with Gasteiger partial charge in [0, 0.05) is 37.0 Å². The van der Waals surface area contributed by atoms with Gasteiger partial charge < -0.3 is 20.8 Å². The highest BCUT2D eigenvalue weighted by Gasteiger charge is 2.45. The van der Waals surface area contributed by atoms with Gasteiger partial charge in [0.05, 0.1) is 46.7 Å². The Morgan fingerprint density at radius 2 is 1.94 bits per heavy atom. The number of para-hydroxylation sites is 1. The number of aliphatic hydroxyl groups is 2. The van der Waals surface area contributed by atoms with Gasteiger partial charge >= 0.3 is 0 Å². The van der Waals surface area contributed by atoms with Crippen LogP contribution in [0.2, 0.25) is 0 Å². The highest BCUT2D eigenvalue weighted by Crippen LogP contribution is 2.43. The molecule has 1 unspecified atom stereocenters. The zero-order chi connectivity index (χ0) is 22.6. The fraction of sp³-hybridized carbons (Fsp3) is 0.364. The second kappa shape index (κ2) is 7.66. The van der Waals surface area contributed by atoms with E-state index in [4.69, 9.17) is 5.73 Å². The molecule has 1 atom stereocenters. The number of hydrogen-bond donors (Lipinski definition) is 3. The van der Waals surface area contributed by atoms with Crippen LogP contribution in [0.15, 0.2) is 47.6 Å². The van der Waals surface area contributed by atoms with Crippen molar-refractivity contribution in [3.05, 3.63) is 54.0 Å². The van der Waals surface area contributed by atoms with Gasteiger partial charge in [-0.1, -0.05) is 25.1 Å². The molecule has 0 amide bonds. The van der Waals surface area contributed by atoms with E-state index in [1.165, 1.54) is 11.0 Å². The Kier molecular flexibility index (Phi) is 5.05. The second-order valence-corrected chi connectivity index (χ2v) is 9.93. The predicted molar refractivity (Wildman–Crippen MR) is 122 cm³/mol. The van der Waals surface area contributed by atoms with Crippen LogP contribution in [-0.2, 0) is 23.3 Å². The second-order valence-electron chi connectivity index (χ2n) is 8.24. The van der Waals surface area contributed by atoms with Crippen molar-refractivity contribution in [2.45, 2.75) is 30.4 Å². The van der Waals surface area contributed by atoms with Crippen LogP contribution in [0.25, 0.3) is 11.1 Å². The average molecular weight is 455 g/mol. The van der Waals surface area contributed by atoms with Crippen molar-refractivity contribution in [2.24, 2.45) is 0 Å². The number of hydrogen-bond acceptors (Lipinski definition) is 8. The van der Waals surface area contributed by atoms with E-state index in [1.807, 2.05) is 36.1 Å². The van der Waals surface area contributed by atoms with Crippen LogP contribution in [-0.4, -0.2) is 60.0 Å². The third kappa shape index (κ3) is 3.22. The van der Waals surface area contributed by atoms with Crippen molar-refractivity contribution >= 4 is 22.2 Å². The number of nitrogens with two attached hydrogens (primary N) is 1. The van der Waals surface area contributed by atoms with Crippen molar-refractivity contribution in [3.8, 4) is 11.1 Å². The number of likely N-dealkylation sites (tertiary alicyclic amines) is 1. The molecule has 4 heterocycles. The molecule has 0 radical (unpaired) electrons. The van der Waals surface area contributed by atoms with Crippen LogP contribution < -0.4 is 10.6 Å². The van der Waals surface area contributed by atoms with Crippen LogP contribution in [0.5, 0.6) is 0 Å². The van der Waals surface area contributed by atoms with Gasteiger partial charge in [-0.3, -0.25) is 8.89 Å². The van der Waals surface area contributed by atoms with E-state index in [0.29, 0.717) is 30.4 Å². The van der Waals surface area contributed by atoms with Crippen molar-refractivity contribution in [1.82, 2.24) is 19.7 Å². The molecule has 0 saturated carbocycles. The van der Waals surface area contributed by atoms with E-state index in [-0.39, 0.29) is 11.7 Å². The Morgan fingerprint density at radius 3 is 2.69 bits per heavy atom. The molecule has 2 aromatic heterocycles. The molecule has 2 aliphatic heterocycles. The summed E-state index contributed by atoms with van der Waals surface area (Å²) in [5, 5.41) is 26.6. The lowest BCUT2D eigenvalue weighted by Gasteiger charge is -2.46. The number of aromatic nitrogens is 3. The fourth-order valence-corrected chi connectivity index (χ4v) is 5.22. The number of benzene rings is 1. The standard InChI is InChI=1S/C22H26N6O3S/c1-3-32(31)20-9-5-8-19(25-20)22(29,30)27-11-14(12-27)28-18-13-26(2)21-15(16(18)10-24-28)6-4-7-17(21)23/h4-10,14,29-30H,3,11-13,23H2,1-2H3. The van der Waals surface area contributed by atoms with Gasteiger partial charge in [0.15, 0.2) is 0 Å². The van der Waals surface area contributed by atoms with Crippen LogP contribution in [0.4, 0.5) is 11.4 Å². The maximum Gasteiger partial charge on any atom is 0.271 e. The first-order valence-electron chi connectivity index (χ1n) is 10.5. The first-order chi connectivity index (χ1) is 15.3. The molecule has 3 aromatic rings. The summed E-state index contributed by atoms with van der Waals surface area (Å²) in [4.78, 5) is 7.89. The quantitative estimate of drug-likeness (QED) is 0.389. The normalized spacial score (nSPS) is 17.6. The number of nitrogens with zero attached hydrogens (tertiary/aromatic N) is 5. The minimum absolute atomic E-state index is 0.00129. The molecular weight excluding hydrogens is 428 g/mol. The Labute approximate surface area is 188 Å². The molecule has 1 fully saturated rings. The Hall–Kier alpha value is -2.79. The minimum atomic E-state index is -2.24. The largest absolute Gasteiger partial charge is 0.397 e. The molecule has 4 N–H and O–H groups in total. The van der Waals surface area contributed by atoms with Gasteiger partial charge in [0.2, 0.25) is 0 Å². The smallest absolute Gasteiger partial charge is 0.271 e. The van der Waals surface area contributed by atoms with Gasteiger partial charge in [-0.25, -0.2) is 9.88 Å². The van der Waals surface area contributed by atoms with E-state index in [1.54, 1.807) is 19.1 Å². The van der Waals surface area contributed by atoms with E-state index in [9.17, 15) is 14.4 Å². The lowest BCUT2D eigenvalue weighted by atomic mass is 9.97. The zero-order valence-electron chi connectivity index (χ0n) is 18.0. The lowest BCUT2D eigenvalue weighted by Crippen LogP contribution is -2.59. The summed E-state index contributed by atoms with van der Waals surface area (Å²) in [6.45, 7) is 3.27. The lowest BCUT2D eigenvalue weighted by molar-refractivity contribution is -0.302. The number of anilines is 2. The molecule has 0 spiro atoms. The first kappa shape index (κ1) is 21.1. The fourth-order valence-electron chi connectivity index (χ4n) is 4.50. The number of fused-ring (bicyclic) bond motifs is 3. The Balaban J connectivity index is 1.38. The molecule has 1 saturated heterocycles. The zero-order valence-corrected chi connectivity index (χ0v) is 18.8. The summed E-state index contributed by atoms with van der Waals surface area (Å²) in [5.74, 6) is -1.82. The maximum absolute atomic E-state index is 12.1. The van der Waals surface area contributed by atoms with Crippen LogP contribution in [0, 0.1) is 0 Å². The molecule has 32 heavy (non-hydrogen) atoms. The molecule has 0 aliphatic carbocycles.